The Morgan fingerprint density at radius 2 is 2.00 bits per heavy atom. The third kappa shape index (κ3) is 2.41. The van der Waals surface area contributed by atoms with Crippen LogP contribution in [0.4, 0.5) is 10.8 Å². The van der Waals surface area contributed by atoms with Crippen LogP contribution in [0.3, 0.4) is 0 Å². The van der Waals surface area contributed by atoms with Crippen molar-refractivity contribution in [2.24, 2.45) is 17.8 Å². The Morgan fingerprint density at radius 1 is 1.26 bits per heavy atom. The van der Waals surface area contributed by atoms with Gasteiger partial charge < -0.3 is 11.1 Å². The minimum Gasteiger partial charge on any atom is -0.399 e. The maximum absolute atomic E-state index is 5.81. The second kappa shape index (κ2) is 4.37. The number of nitrogen functional groups attached to an aromatic ring is 1. The number of nitrogens with two attached hydrogens (primary N) is 1. The fourth-order valence-corrected chi connectivity index (χ4v) is 3.91. The first-order chi connectivity index (χ1) is 9.29. The van der Waals surface area contributed by atoms with E-state index in [1.807, 2.05) is 18.2 Å². The molecule has 0 saturated heterocycles. The summed E-state index contributed by atoms with van der Waals surface area (Å²) in [4.78, 5) is 4.64. The smallest absolute Gasteiger partial charge is 0.183 e. The number of thiazole rings is 1. The first-order valence-electron chi connectivity index (χ1n) is 7.19. The number of hydrogen-bond acceptors (Lipinski definition) is 4. The second-order valence-corrected chi connectivity index (χ2v) is 7.00. The largest absolute Gasteiger partial charge is 0.399 e. The Morgan fingerprint density at radius 3 is 2.68 bits per heavy atom. The summed E-state index contributed by atoms with van der Waals surface area (Å²) in [5.41, 5.74) is 7.68. The highest BCUT2D eigenvalue weighted by Gasteiger charge is 2.41. The molecule has 2 aliphatic rings. The van der Waals surface area contributed by atoms with Crippen molar-refractivity contribution in [2.45, 2.75) is 25.7 Å². The van der Waals surface area contributed by atoms with Crippen LogP contribution < -0.4 is 11.1 Å². The second-order valence-electron chi connectivity index (χ2n) is 5.97. The summed E-state index contributed by atoms with van der Waals surface area (Å²) in [7, 11) is 0. The van der Waals surface area contributed by atoms with Gasteiger partial charge in [0.2, 0.25) is 0 Å². The monoisotopic (exact) mass is 273 g/mol. The maximum Gasteiger partial charge on any atom is 0.183 e. The van der Waals surface area contributed by atoms with Crippen molar-refractivity contribution in [3.63, 3.8) is 0 Å². The number of anilines is 2. The van der Waals surface area contributed by atoms with Crippen LogP contribution in [-0.2, 0) is 0 Å². The number of aromatic nitrogens is 1. The van der Waals surface area contributed by atoms with Crippen LogP contribution in [-0.4, -0.2) is 11.5 Å². The van der Waals surface area contributed by atoms with Gasteiger partial charge in [-0.25, -0.2) is 4.98 Å². The fourth-order valence-electron chi connectivity index (χ4n) is 2.99. The zero-order valence-corrected chi connectivity index (χ0v) is 11.7. The van der Waals surface area contributed by atoms with E-state index in [0.29, 0.717) is 0 Å². The topological polar surface area (TPSA) is 50.9 Å². The molecule has 2 aromatic rings. The molecule has 1 aromatic heterocycles. The average molecular weight is 273 g/mol. The van der Waals surface area contributed by atoms with Gasteiger partial charge in [0.15, 0.2) is 5.13 Å². The third-order valence-corrected chi connectivity index (χ3v) is 5.33. The van der Waals surface area contributed by atoms with Crippen LogP contribution in [0.1, 0.15) is 25.7 Å². The van der Waals surface area contributed by atoms with Gasteiger partial charge in [-0.2, -0.15) is 0 Å². The van der Waals surface area contributed by atoms with Gasteiger partial charge in [-0.05, 0) is 61.6 Å². The van der Waals surface area contributed by atoms with Crippen LogP contribution in [0.2, 0.25) is 0 Å². The van der Waals surface area contributed by atoms with Crippen LogP contribution in [0.5, 0.6) is 0 Å². The number of benzene rings is 1. The molecule has 19 heavy (non-hydrogen) atoms. The van der Waals surface area contributed by atoms with Gasteiger partial charge in [-0.15, -0.1) is 0 Å². The van der Waals surface area contributed by atoms with Crippen molar-refractivity contribution in [3.8, 4) is 0 Å². The van der Waals surface area contributed by atoms with Crippen LogP contribution in [0.15, 0.2) is 18.2 Å². The molecule has 2 saturated carbocycles. The van der Waals surface area contributed by atoms with Crippen molar-refractivity contribution >= 4 is 32.4 Å². The Labute approximate surface area is 117 Å². The Hall–Kier alpha value is -1.29. The summed E-state index contributed by atoms with van der Waals surface area (Å²) in [5, 5.41) is 4.61. The Kier molecular flexibility index (Phi) is 2.65. The summed E-state index contributed by atoms with van der Waals surface area (Å²) in [6.45, 7) is 1.10. The van der Waals surface area contributed by atoms with Gasteiger partial charge >= 0.3 is 0 Å². The molecular formula is C15H19N3S. The minimum absolute atomic E-state index is 0.816. The first-order valence-corrected chi connectivity index (χ1v) is 8.01. The lowest BCUT2D eigenvalue weighted by Gasteiger charge is -2.15. The highest BCUT2D eigenvalue weighted by Crippen LogP contribution is 2.49. The van der Waals surface area contributed by atoms with Gasteiger partial charge in [0.1, 0.15) is 0 Å². The maximum atomic E-state index is 5.81. The quantitative estimate of drug-likeness (QED) is 0.816. The highest BCUT2D eigenvalue weighted by atomic mass is 32.1. The van der Waals surface area contributed by atoms with Gasteiger partial charge in [0, 0.05) is 12.2 Å². The van der Waals surface area contributed by atoms with E-state index in [4.69, 9.17) is 5.73 Å². The van der Waals surface area contributed by atoms with Gasteiger partial charge in [0.05, 0.1) is 10.2 Å². The number of nitrogens with zero attached hydrogens (tertiary/aromatic N) is 1. The zero-order valence-electron chi connectivity index (χ0n) is 10.9. The Balaban J connectivity index is 1.48. The summed E-state index contributed by atoms with van der Waals surface area (Å²) in [6, 6.07) is 5.94. The van der Waals surface area contributed by atoms with Crippen molar-refractivity contribution < 1.29 is 0 Å². The molecule has 4 rings (SSSR count). The molecule has 0 aliphatic heterocycles. The van der Waals surface area contributed by atoms with Crippen molar-refractivity contribution in [1.82, 2.24) is 4.98 Å². The van der Waals surface area contributed by atoms with Crippen molar-refractivity contribution in [1.29, 1.82) is 0 Å². The summed E-state index contributed by atoms with van der Waals surface area (Å²) in [5.74, 6) is 2.87. The molecule has 1 aromatic carbocycles. The number of fused-ring (bicyclic) bond motifs is 1. The predicted molar refractivity (Wildman–Crippen MR) is 81.5 cm³/mol. The standard InChI is InChI=1S/C15H19N3S/c16-11-5-6-13-14(7-11)19-15(18-13)17-8-12(9-1-2-9)10-3-4-10/h5-7,9-10,12H,1-4,8,16H2,(H,17,18). The summed E-state index contributed by atoms with van der Waals surface area (Å²) < 4.78 is 1.18. The predicted octanol–water partition coefficient (Wildman–Crippen LogP) is 3.73. The van der Waals surface area contributed by atoms with Gasteiger partial charge in [-0.3, -0.25) is 0 Å². The molecule has 0 atom stereocenters. The van der Waals surface area contributed by atoms with Gasteiger partial charge in [0.25, 0.3) is 0 Å². The van der Waals surface area contributed by atoms with E-state index in [2.05, 4.69) is 10.3 Å². The molecule has 1 heterocycles. The van der Waals surface area contributed by atoms with E-state index in [-0.39, 0.29) is 0 Å². The minimum atomic E-state index is 0.816. The lowest BCUT2D eigenvalue weighted by molar-refractivity contribution is 0.428. The highest BCUT2D eigenvalue weighted by molar-refractivity contribution is 7.22. The molecule has 100 valence electrons. The molecular weight excluding hydrogens is 254 g/mol. The van der Waals surface area contributed by atoms with Crippen LogP contribution >= 0.6 is 11.3 Å². The van der Waals surface area contributed by atoms with Crippen LogP contribution in [0.25, 0.3) is 10.2 Å². The van der Waals surface area contributed by atoms with E-state index in [1.165, 1.54) is 30.4 Å². The van der Waals surface area contributed by atoms with E-state index in [1.54, 1.807) is 11.3 Å². The molecule has 2 fully saturated rings. The van der Waals surface area contributed by atoms with E-state index in [9.17, 15) is 0 Å². The molecule has 0 radical (unpaired) electrons. The third-order valence-electron chi connectivity index (χ3n) is 4.36. The van der Waals surface area contributed by atoms with Crippen LogP contribution in [0, 0.1) is 17.8 Å². The zero-order chi connectivity index (χ0) is 12.8. The lowest BCUT2D eigenvalue weighted by Crippen LogP contribution is -2.18. The fraction of sp³-hybridized carbons (Fsp3) is 0.533. The lowest BCUT2D eigenvalue weighted by atomic mass is 9.98. The molecule has 2 aliphatic carbocycles. The average Bonchev–Trinajstić information content (AvgIpc) is 3.28. The van der Waals surface area contributed by atoms with Gasteiger partial charge in [-0.1, -0.05) is 11.3 Å². The number of rotatable bonds is 5. The SMILES string of the molecule is Nc1ccc2nc(NCC(C3CC3)C3CC3)sc2c1. The molecule has 3 nitrogen and oxygen atoms in total. The molecule has 0 unspecified atom stereocenters. The van der Waals surface area contributed by atoms with E-state index in [0.717, 1.165) is 40.6 Å². The normalized spacial score (nSPS) is 19.2. The summed E-state index contributed by atoms with van der Waals surface area (Å²) >= 11 is 1.72. The molecule has 0 amide bonds. The van der Waals surface area contributed by atoms with E-state index >= 15 is 0 Å². The number of nitrogens with one attached hydrogen (secondary N) is 1. The Bertz CT molecular complexity index is 586. The molecule has 0 spiro atoms. The molecule has 3 N–H and O–H groups in total. The molecule has 0 bridgehead atoms. The van der Waals surface area contributed by atoms with Crippen molar-refractivity contribution in [3.05, 3.63) is 18.2 Å². The van der Waals surface area contributed by atoms with Crippen molar-refractivity contribution in [2.75, 3.05) is 17.6 Å². The number of hydrogen-bond donors (Lipinski definition) is 2. The molecule has 4 heteroatoms. The summed E-state index contributed by atoms with van der Waals surface area (Å²) in [6.07, 6.45) is 5.77. The van der Waals surface area contributed by atoms with E-state index < -0.39 is 0 Å². The first kappa shape index (κ1) is 11.5.